The van der Waals surface area contributed by atoms with Gasteiger partial charge in [0.15, 0.2) is 0 Å². The van der Waals surface area contributed by atoms with Crippen molar-refractivity contribution in [2.75, 3.05) is 0 Å². The third-order valence-corrected chi connectivity index (χ3v) is 4.33. The van der Waals surface area contributed by atoms with E-state index in [0.29, 0.717) is 25.7 Å². The molecule has 1 aliphatic rings. The molecule has 2 N–H and O–H groups in total. The van der Waals surface area contributed by atoms with Gasteiger partial charge in [-0.2, -0.15) is 13.2 Å². The molecule has 0 radical (unpaired) electrons. The van der Waals surface area contributed by atoms with E-state index < -0.39 is 52.6 Å². The first-order chi connectivity index (χ1) is 13.3. The zero-order valence-corrected chi connectivity index (χ0v) is 16.3. The Balaban J connectivity index is 2.03. The molecule has 0 aromatic heterocycles. The van der Waals surface area contributed by atoms with Crippen LogP contribution in [-0.2, 0) is 10.9 Å². The summed E-state index contributed by atoms with van der Waals surface area (Å²) in [6.45, 7) is 5.14. The predicted molar refractivity (Wildman–Crippen MR) is 94.2 cm³/mol. The first-order valence-electron chi connectivity index (χ1n) is 9.13. The number of benzene rings is 1. The number of amides is 2. The number of hydrogen-bond donors (Lipinski definition) is 2. The van der Waals surface area contributed by atoms with Crippen LogP contribution in [0.1, 0.15) is 62.4 Å². The zero-order valence-electron chi connectivity index (χ0n) is 16.3. The summed E-state index contributed by atoms with van der Waals surface area (Å²) in [4.78, 5) is 24.1. The van der Waals surface area contributed by atoms with E-state index in [9.17, 15) is 31.5 Å². The fourth-order valence-corrected chi connectivity index (χ4v) is 3.14. The normalized spacial score (nSPS) is 20.1. The largest absolute Gasteiger partial charge is 0.444 e. The molecule has 0 spiro atoms. The maximum Gasteiger partial charge on any atom is 0.416 e. The van der Waals surface area contributed by atoms with Gasteiger partial charge in [-0.3, -0.25) is 4.79 Å². The monoisotopic (exact) mass is 422 g/mol. The summed E-state index contributed by atoms with van der Waals surface area (Å²) >= 11 is 0. The third-order valence-electron chi connectivity index (χ3n) is 4.33. The zero-order chi connectivity index (χ0) is 22.0. The van der Waals surface area contributed by atoms with Crippen molar-refractivity contribution in [2.45, 2.75) is 70.3 Å². The Hall–Kier alpha value is -2.39. The van der Waals surface area contributed by atoms with Crippen LogP contribution in [0, 0.1) is 11.6 Å². The van der Waals surface area contributed by atoms with E-state index in [1.165, 1.54) is 0 Å². The van der Waals surface area contributed by atoms with Crippen molar-refractivity contribution >= 4 is 12.0 Å². The van der Waals surface area contributed by atoms with Gasteiger partial charge in [0.05, 0.1) is 5.56 Å². The lowest BCUT2D eigenvalue weighted by atomic mass is 9.91. The van der Waals surface area contributed by atoms with Crippen molar-refractivity contribution in [2.24, 2.45) is 0 Å². The van der Waals surface area contributed by atoms with Gasteiger partial charge >= 0.3 is 12.3 Å². The van der Waals surface area contributed by atoms with E-state index >= 15 is 0 Å². The predicted octanol–water partition coefficient (Wildman–Crippen LogP) is 4.55. The number of halogens is 5. The van der Waals surface area contributed by atoms with E-state index in [1.54, 1.807) is 20.8 Å². The quantitative estimate of drug-likeness (QED) is 0.703. The van der Waals surface area contributed by atoms with Gasteiger partial charge in [-0.25, -0.2) is 13.6 Å². The molecule has 162 valence electrons. The second kappa shape index (κ2) is 8.54. The fraction of sp³-hybridized carbons (Fsp3) is 0.579. The molecule has 1 saturated carbocycles. The van der Waals surface area contributed by atoms with Gasteiger partial charge in [0, 0.05) is 12.1 Å². The number of alkyl halides is 3. The van der Waals surface area contributed by atoms with Crippen molar-refractivity contribution in [1.82, 2.24) is 10.6 Å². The van der Waals surface area contributed by atoms with E-state index in [2.05, 4.69) is 10.6 Å². The van der Waals surface area contributed by atoms with Gasteiger partial charge in [-0.1, -0.05) is 0 Å². The Bertz CT molecular complexity index is 751. The summed E-state index contributed by atoms with van der Waals surface area (Å²) in [5.74, 6) is -4.32. The standard InChI is InChI=1S/C19H23F5N2O3/c1-18(2,3)29-17(28)26-12-6-4-5-11(9-12)25-16(27)15-13(20)7-10(8-14(15)21)19(22,23)24/h7-8,11-12H,4-6,9H2,1-3H3,(H,25,27)(H,26,28). The van der Waals surface area contributed by atoms with Gasteiger partial charge in [0.1, 0.15) is 22.8 Å². The highest BCUT2D eigenvalue weighted by molar-refractivity contribution is 5.95. The second-order valence-electron chi connectivity index (χ2n) is 7.99. The molecular weight excluding hydrogens is 399 g/mol. The van der Waals surface area contributed by atoms with Gasteiger partial charge in [-0.05, 0) is 58.6 Å². The van der Waals surface area contributed by atoms with Gasteiger partial charge in [0.25, 0.3) is 5.91 Å². The Morgan fingerprint density at radius 1 is 1.00 bits per heavy atom. The molecule has 5 nitrogen and oxygen atoms in total. The molecule has 1 aromatic carbocycles. The summed E-state index contributed by atoms with van der Waals surface area (Å²) in [5.41, 5.74) is -3.26. The minimum absolute atomic E-state index is 0.0890. The highest BCUT2D eigenvalue weighted by Gasteiger charge is 2.34. The van der Waals surface area contributed by atoms with Crippen LogP contribution in [0.4, 0.5) is 26.7 Å². The topological polar surface area (TPSA) is 67.4 Å². The molecule has 1 fully saturated rings. The van der Waals surface area contributed by atoms with Gasteiger partial charge in [0.2, 0.25) is 0 Å². The molecule has 1 aliphatic carbocycles. The summed E-state index contributed by atoms with van der Waals surface area (Å²) < 4.78 is 71.0. The molecule has 2 atom stereocenters. The van der Waals surface area contributed by atoms with Crippen LogP contribution in [0.5, 0.6) is 0 Å². The summed E-state index contributed by atoms with van der Waals surface area (Å²) in [5, 5.41) is 5.11. The van der Waals surface area contributed by atoms with Crippen molar-refractivity contribution in [3.8, 4) is 0 Å². The lowest BCUT2D eigenvalue weighted by molar-refractivity contribution is -0.138. The maximum absolute atomic E-state index is 14.0. The number of carbonyl (C=O) groups is 2. The molecular formula is C19H23F5N2O3. The Morgan fingerprint density at radius 2 is 1.52 bits per heavy atom. The van der Waals surface area contributed by atoms with Gasteiger partial charge in [-0.15, -0.1) is 0 Å². The van der Waals surface area contributed by atoms with Crippen LogP contribution < -0.4 is 10.6 Å². The summed E-state index contributed by atoms with van der Waals surface area (Å²) in [7, 11) is 0. The molecule has 0 saturated heterocycles. The van der Waals surface area contributed by atoms with Crippen LogP contribution in [0.2, 0.25) is 0 Å². The lowest BCUT2D eigenvalue weighted by Gasteiger charge is -2.31. The van der Waals surface area contributed by atoms with Crippen LogP contribution in [0.3, 0.4) is 0 Å². The lowest BCUT2D eigenvalue weighted by Crippen LogP contribution is -2.47. The van der Waals surface area contributed by atoms with Crippen molar-refractivity contribution in [1.29, 1.82) is 0 Å². The Labute approximate surface area is 165 Å². The summed E-state index contributed by atoms with van der Waals surface area (Å²) in [6.07, 6.45) is -3.48. The SMILES string of the molecule is CC(C)(C)OC(=O)NC1CCCC(NC(=O)c2c(F)cc(C(F)(F)F)cc2F)C1. The molecule has 2 unspecified atom stereocenters. The van der Waals surface area contributed by atoms with Crippen LogP contribution >= 0.6 is 0 Å². The van der Waals surface area contributed by atoms with Crippen LogP contribution in [-0.4, -0.2) is 29.7 Å². The van der Waals surface area contributed by atoms with E-state index in [0.717, 1.165) is 0 Å². The molecule has 1 aromatic rings. The van der Waals surface area contributed by atoms with Crippen LogP contribution in [0.25, 0.3) is 0 Å². The maximum atomic E-state index is 14.0. The number of ether oxygens (including phenoxy) is 1. The number of alkyl carbamates (subject to hydrolysis) is 1. The second-order valence-corrected chi connectivity index (χ2v) is 7.99. The van der Waals surface area contributed by atoms with E-state index in [-0.39, 0.29) is 18.2 Å². The molecule has 2 amide bonds. The summed E-state index contributed by atoms with van der Waals surface area (Å²) in [6, 6.07) is -0.638. The first kappa shape index (κ1) is 22.9. The Kier molecular flexibility index (Phi) is 6.74. The average molecular weight is 422 g/mol. The number of carbonyl (C=O) groups excluding carboxylic acids is 2. The fourth-order valence-electron chi connectivity index (χ4n) is 3.14. The smallest absolute Gasteiger partial charge is 0.416 e. The average Bonchev–Trinajstić information content (AvgIpc) is 2.51. The van der Waals surface area contributed by atoms with Crippen LogP contribution in [0.15, 0.2) is 12.1 Å². The molecule has 0 aliphatic heterocycles. The van der Waals surface area contributed by atoms with Crippen molar-refractivity contribution in [3.05, 3.63) is 34.9 Å². The van der Waals surface area contributed by atoms with Crippen molar-refractivity contribution < 1.29 is 36.3 Å². The van der Waals surface area contributed by atoms with E-state index in [1.807, 2.05) is 0 Å². The molecule has 29 heavy (non-hydrogen) atoms. The van der Waals surface area contributed by atoms with E-state index in [4.69, 9.17) is 4.74 Å². The minimum atomic E-state index is -4.93. The number of rotatable bonds is 3. The highest BCUT2D eigenvalue weighted by atomic mass is 19.4. The Morgan fingerprint density at radius 3 is 2.00 bits per heavy atom. The first-order valence-corrected chi connectivity index (χ1v) is 9.13. The van der Waals surface area contributed by atoms with Crippen molar-refractivity contribution in [3.63, 3.8) is 0 Å². The third kappa shape index (κ3) is 6.57. The number of hydrogen-bond acceptors (Lipinski definition) is 3. The molecule has 0 bridgehead atoms. The number of nitrogens with one attached hydrogen (secondary N) is 2. The van der Waals surface area contributed by atoms with Gasteiger partial charge < -0.3 is 15.4 Å². The molecule has 2 rings (SSSR count). The minimum Gasteiger partial charge on any atom is -0.444 e. The molecule has 0 heterocycles. The molecule has 10 heteroatoms. The highest BCUT2D eigenvalue weighted by Crippen LogP contribution is 2.31.